The first-order valence-corrected chi connectivity index (χ1v) is 5.19. The van der Waals surface area contributed by atoms with Crippen LogP contribution in [-0.4, -0.2) is 11.1 Å². The van der Waals surface area contributed by atoms with Gasteiger partial charge in [-0.2, -0.15) is 0 Å². The molecule has 1 aromatic rings. The standard InChI is InChI=1S/C9H11NO2S/c11-9(10-12)8-5-6-3-1-2-4-7(6)13-8/h5,12H,1-4H2,(H,10,11). The Kier molecular flexibility index (Phi) is 2.33. The van der Waals surface area contributed by atoms with Crippen LogP contribution in [0.4, 0.5) is 0 Å². The molecule has 0 aromatic carbocycles. The second-order valence-corrected chi connectivity index (χ2v) is 4.34. The number of amides is 1. The summed E-state index contributed by atoms with van der Waals surface area (Å²) in [5.74, 6) is -0.389. The van der Waals surface area contributed by atoms with Crippen LogP contribution >= 0.6 is 11.3 Å². The number of aryl methyl sites for hydroxylation is 2. The summed E-state index contributed by atoms with van der Waals surface area (Å²) in [6, 6.07) is 1.89. The highest BCUT2D eigenvalue weighted by molar-refractivity contribution is 7.14. The summed E-state index contributed by atoms with van der Waals surface area (Å²) in [5.41, 5.74) is 2.95. The fraction of sp³-hybridized carbons (Fsp3) is 0.444. The molecule has 3 nitrogen and oxygen atoms in total. The van der Waals surface area contributed by atoms with E-state index in [9.17, 15) is 4.79 Å². The lowest BCUT2D eigenvalue weighted by atomic mass is 9.99. The third-order valence-electron chi connectivity index (χ3n) is 2.32. The van der Waals surface area contributed by atoms with Crippen molar-refractivity contribution in [1.29, 1.82) is 0 Å². The minimum absolute atomic E-state index is 0.389. The predicted octanol–water partition coefficient (Wildman–Crippen LogP) is 1.75. The van der Waals surface area contributed by atoms with E-state index in [2.05, 4.69) is 0 Å². The molecule has 70 valence electrons. The maximum absolute atomic E-state index is 11.1. The predicted molar refractivity (Wildman–Crippen MR) is 50.2 cm³/mol. The van der Waals surface area contributed by atoms with Crippen molar-refractivity contribution in [3.05, 3.63) is 21.4 Å². The number of fused-ring (bicyclic) bond motifs is 1. The molecule has 0 bridgehead atoms. The first kappa shape index (κ1) is 8.72. The highest BCUT2D eigenvalue weighted by Crippen LogP contribution is 2.29. The van der Waals surface area contributed by atoms with Crippen LogP contribution in [0.15, 0.2) is 6.07 Å². The van der Waals surface area contributed by atoms with E-state index in [-0.39, 0.29) is 5.91 Å². The second kappa shape index (κ2) is 3.47. The van der Waals surface area contributed by atoms with Gasteiger partial charge in [0.05, 0.1) is 4.88 Å². The van der Waals surface area contributed by atoms with Crippen molar-refractivity contribution in [2.45, 2.75) is 25.7 Å². The van der Waals surface area contributed by atoms with Crippen LogP contribution in [0.25, 0.3) is 0 Å². The molecule has 4 heteroatoms. The van der Waals surface area contributed by atoms with Crippen LogP contribution in [0.5, 0.6) is 0 Å². The first-order chi connectivity index (χ1) is 6.31. The van der Waals surface area contributed by atoms with Crippen LogP contribution in [0.2, 0.25) is 0 Å². The first-order valence-electron chi connectivity index (χ1n) is 4.37. The van der Waals surface area contributed by atoms with Crippen molar-refractivity contribution in [3.8, 4) is 0 Å². The summed E-state index contributed by atoms with van der Waals surface area (Å²) >= 11 is 1.50. The quantitative estimate of drug-likeness (QED) is 0.532. The highest BCUT2D eigenvalue weighted by Gasteiger charge is 2.16. The third kappa shape index (κ3) is 1.59. The second-order valence-electron chi connectivity index (χ2n) is 3.21. The highest BCUT2D eigenvalue weighted by atomic mass is 32.1. The van der Waals surface area contributed by atoms with Crippen LogP contribution < -0.4 is 5.48 Å². The summed E-state index contributed by atoms with van der Waals surface area (Å²) in [6.07, 6.45) is 4.58. The molecule has 1 aliphatic carbocycles. The SMILES string of the molecule is O=C(NO)c1cc2c(s1)CCCC2. The molecular formula is C9H11NO2S. The van der Waals surface area contributed by atoms with Gasteiger partial charge < -0.3 is 0 Å². The topological polar surface area (TPSA) is 49.3 Å². The van der Waals surface area contributed by atoms with E-state index in [1.165, 1.54) is 34.6 Å². The van der Waals surface area contributed by atoms with Gasteiger partial charge in [0.1, 0.15) is 0 Å². The molecule has 1 amide bonds. The lowest BCUT2D eigenvalue weighted by molar-refractivity contribution is 0.0711. The Labute approximate surface area is 80.4 Å². The van der Waals surface area contributed by atoms with E-state index in [1.807, 2.05) is 6.07 Å². The number of hydroxylamine groups is 1. The van der Waals surface area contributed by atoms with E-state index in [4.69, 9.17) is 5.21 Å². The van der Waals surface area contributed by atoms with Gasteiger partial charge in [0.2, 0.25) is 0 Å². The Bertz CT molecular complexity index is 309. The van der Waals surface area contributed by atoms with E-state index in [0.29, 0.717) is 4.88 Å². The molecule has 1 heterocycles. The fourth-order valence-electron chi connectivity index (χ4n) is 1.66. The summed E-state index contributed by atoms with van der Waals surface area (Å²) < 4.78 is 0. The van der Waals surface area contributed by atoms with Gasteiger partial charge in [-0.05, 0) is 37.3 Å². The molecular weight excluding hydrogens is 186 g/mol. The summed E-state index contributed by atoms with van der Waals surface area (Å²) in [6.45, 7) is 0. The third-order valence-corrected chi connectivity index (χ3v) is 3.56. The van der Waals surface area contributed by atoms with Crippen LogP contribution in [0.1, 0.15) is 33.0 Å². The Morgan fingerprint density at radius 3 is 2.92 bits per heavy atom. The van der Waals surface area contributed by atoms with Gasteiger partial charge >= 0.3 is 0 Å². The van der Waals surface area contributed by atoms with Gasteiger partial charge in [0, 0.05) is 4.88 Å². The molecule has 0 spiro atoms. The number of carbonyl (C=O) groups is 1. The van der Waals surface area contributed by atoms with Crippen molar-refractivity contribution in [1.82, 2.24) is 5.48 Å². The van der Waals surface area contributed by atoms with Crippen molar-refractivity contribution in [2.75, 3.05) is 0 Å². The van der Waals surface area contributed by atoms with Crippen molar-refractivity contribution >= 4 is 17.2 Å². The number of carbonyl (C=O) groups excluding carboxylic acids is 1. The van der Waals surface area contributed by atoms with Gasteiger partial charge in [0.25, 0.3) is 5.91 Å². The smallest absolute Gasteiger partial charge is 0.284 e. The minimum Gasteiger partial charge on any atom is -0.288 e. The Morgan fingerprint density at radius 1 is 1.46 bits per heavy atom. The molecule has 0 atom stereocenters. The Hall–Kier alpha value is -0.870. The molecule has 0 radical (unpaired) electrons. The average Bonchev–Trinajstić information content (AvgIpc) is 2.59. The molecule has 0 aliphatic heterocycles. The van der Waals surface area contributed by atoms with E-state index >= 15 is 0 Å². The zero-order valence-electron chi connectivity index (χ0n) is 7.17. The van der Waals surface area contributed by atoms with Gasteiger partial charge in [-0.3, -0.25) is 10.0 Å². The zero-order valence-corrected chi connectivity index (χ0v) is 7.99. The number of thiophene rings is 1. The lowest BCUT2D eigenvalue weighted by Crippen LogP contribution is -2.16. The maximum Gasteiger partial charge on any atom is 0.284 e. The zero-order chi connectivity index (χ0) is 9.26. The molecule has 0 unspecified atom stereocenters. The normalized spacial score (nSPS) is 15.2. The molecule has 1 aromatic heterocycles. The summed E-state index contributed by atoms with van der Waals surface area (Å²) in [7, 11) is 0. The molecule has 2 rings (SSSR count). The average molecular weight is 197 g/mol. The van der Waals surface area contributed by atoms with Gasteiger partial charge in [-0.15, -0.1) is 11.3 Å². The monoisotopic (exact) mass is 197 g/mol. The molecule has 2 N–H and O–H groups in total. The molecule has 1 aliphatic rings. The number of hydrogen-bond acceptors (Lipinski definition) is 3. The van der Waals surface area contributed by atoms with Gasteiger partial charge in [0.15, 0.2) is 0 Å². The van der Waals surface area contributed by atoms with Crippen molar-refractivity contribution in [3.63, 3.8) is 0 Å². The van der Waals surface area contributed by atoms with E-state index < -0.39 is 0 Å². The van der Waals surface area contributed by atoms with Crippen LogP contribution in [0.3, 0.4) is 0 Å². The van der Waals surface area contributed by atoms with Crippen molar-refractivity contribution < 1.29 is 10.0 Å². The summed E-state index contributed by atoms with van der Waals surface area (Å²) in [4.78, 5) is 13.0. The van der Waals surface area contributed by atoms with Gasteiger partial charge in [-0.1, -0.05) is 0 Å². The largest absolute Gasteiger partial charge is 0.288 e. The Balaban J connectivity index is 2.30. The maximum atomic E-state index is 11.1. The summed E-state index contributed by atoms with van der Waals surface area (Å²) in [5, 5.41) is 8.46. The molecule has 0 saturated heterocycles. The molecule has 13 heavy (non-hydrogen) atoms. The van der Waals surface area contributed by atoms with E-state index in [0.717, 1.165) is 12.8 Å². The van der Waals surface area contributed by atoms with Crippen LogP contribution in [-0.2, 0) is 12.8 Å². The fourth-order valence-corrected chi connectivity index (χ4v) is 2.80. The van der Waals surface area contributed by atoms with Crippen LogP contribution in [0, 0.1) is 0 Å². The van der Waals surface area contributed by atoms with Crippen molar-refractivity contribution in [2.24, 2.45) is 0 Å². The minimum atomic E-state index is -0.389. The molecule has 0 saturated carbocycles. The van der Waals surface area contributed by atoms with Gasteiger partial charge in [-0.25, -0.2) is 5.48 Å². The Morgan fingerprint density at radius 2 is 2.23 bits per heavy atom. The lowest BCUT2D eigenvalue weighted by Gasteiger charge is -2.08. The number of rotatable bonds is 1. The number of hydrogen-bond donors (Lipinski definition) is 2. The molecule has 0 fully saturated rings. The number of nitrogens with one attached hydrogen (secondary N) is 1. The van der Waals surface area contributed by atoms with E-state index in [1.54, 1.807) is 5.48 Å².